The van der Waals surface area contributed by atoms with Gasteiger partial charge in [0.25, 0.3) is 0 Å². The van der Waals surface area contributed by atoms with Gasteiger partial charge in [0.15, 0.2) is 0 Å². The van der Waals surface area contributed by atoms with Gasteiger partial charge in [-0.05, 0) is 91.0 Å². The maximum Gasteiger partial charge on any atom is 0.0859 e. The van der Waals surface area contributed by atoms with Crippen LogP contribution in [0.1, 0.15) is 72.2 Å². The first-order valence-electron chi connectivity index (χ1n) is 9.42. The third-order valence-electron chi connectivity index (χ3n) is 6.09. The quantitative estimate of drug-likeness (QED) is 0.923. The second kappa shape index (κ2) is 5.87. The molecule has 0 radical (unpaired) electrons. The summed E-state index contributed by atoms with van der Waals surface area (Å²) in [6.07, 6.45) is 5.95. The maximum atomic E-state index is 4.53. The van der Waals surface area contributed by atoms with Crippen LogP contribution < -0.4 is 5.32 Å². The van der Waals surface area contributed by atoms with Crippen LogP contribution in [0.2, 0.25) is 0 Å². The zero-order valence-electron chi connectivity index (χ0n) is 15.8. The van der Waals surface area contributed by atoms with Crippen LogP contribution in [0.15, 0.2) is 0 Å². The van der Waals surface area contributed by atoms with Crippen LogP contribution in [0.5, 0.6) is 0 Å². The zero-order chi connectivity index (χ0) is 16.8. The summed E-state index contributed by atoms with van der Waals surface area (Å²) in [5.74, 6) is 2.69. The van der Waals surface area contributed by atoms with E-state index in [0.717, 1.165) is 37.0 Å². The molecule has 3 rings (SSSR count). The summed E-state index contributed by atoms with van der Waals surface area (Å²) in [6.45, 7) is 14.8. The highest BCUT2D eigenvalue weighted by atomic mass is 15.5. The van der Waals surface area contributed by atoms with Crippen molar-refractivity contribution in [1.29, 1.82) is 0 Å². The van der Waals surface area contributed by atoms with Gasteiger partial charge in [0, 0.05) is 5.54 Å². The molecule has 3 atom stereocenters. The Kier molecular flexibility index (Phi) is 4.33. The normalized spacial score (nSPS) is 27.8. The zero-order valence-corrected chi connectivity index (χ0v) is 15.8. The van der Waals surface area contributed by atoms with Gasteiger partial charge < -0.3 is 5.32 Å². The van der Waals surface area contributed by atoms with Crippen molar-refractivity contribution in [3.63, 3.8) is 0 Å². The summed E-state index contributed by atoms with van der Waals surface area (Å²) in [4.78, 5) is 0. The molecule has 0 bridgehead atoms. The lowest BCUT2D eigenvalue weighted by Gasteiger charge is -2.25. The molecule has 1 N–H and O–H groups in total. The summed E-state index contributed by atoms with van der Waals surface area (Å²) in [7, 11) is 0. The molecule has 1 aromatic rings. The molecule has 4 nitrogen and oxygen atoms in total. The van der Waals surface area contributed by atoms with E-state index in [1.807, 2.05) is 0 Å². The molecule has 23 heavy (non-hydrogen) atoms. The summed E-state index contributed by atoms with van der Waals surface area (Å²) in [5, 5.41) is 12.7. The second-order valence-corrected chi connectivity index (χ2v) is 9.26. The van der Waals surface area contributed by atoms with E-state index in [2.05, 4.69) is 61.9 Å². The number of fused-ring (bicyclic) bond motifs is 2. The highest BCUT2D eigenvalue weighted by Crippen LogP contribution is 2.52. The first-order valence-corrected chi connectivity index (χ1v) is 9.42. The van der Waals surface area contributed by atoms with Crippen LogP contribution in [0.25, 0.3) is 0 Å². The summed E-state index contributed by atoms with van der Waals surface area (Å²) in [5.41, 5.74) is 2.98. The SMILES string of the molecule is CCC(C)(C)n1nnc2c1CC[C@@H]1[C@H](CC2)[C@@H]1CNC(C)(C)C. The average molecular weight is 319 g/mol. The van der Waals surface area contributed by atoms with Gasteiger partial charge >= 0.3 is 0 Å². The molecule has 0 aromatic carbocycles. The van der Waals surface area contributed by atoms with E-state index in [4.69, 9.17) is 0 Å². The first kappa shape index (κ1) is 16.9. The summed E-state index contributed by atoms with van der Waals surface area (Å²) in [6, 6.07) is 0. The smallest absolute Gasteiger partial charge is 0.0859 e. The van der Waals surface area contributed by atoms with E-state index in [-0.39, 0.29) is 11.1 Å². The number of aryl methyl sites for hydroxylation is 1. The lowest BCUT2D eigenvalue weighted by Crippen LogP contribution is -2.37. The number of rotatable bonds is 4. The first-order chi connectivity index (χ1) is 10.7. The minimum atomic E-state index is 0.0793. The van der Waals surface area contributed by atoms with Gasteiger partial charge in [-0.1, -0.05) is 12.1 Å². The topological polar surface area (TPSA) is 42.7 Å². The van der Waals surface area contributed by atoms with Crippen LogP contribution in [0.4, 0.5) is 0 Å². The summed E-state index contributed by atoms with van der Waals surface area (Å²) >= 11 is 0. The Morgan fingerprint density at radius 2 is 1.74 bits per heavy atom. The molecule has 0 amide bonds. The lowest BCUT2D eigenvalue weighted by molar-refractivity contribution is 0.290. The van der Waals surface area contributed by atoms with E-state index in [1.165, 1.54) is 30.8 Å². The predicted molar refractivity (Wildman–Crippen MR) is 94.5 cm³/mol. The number of hydrogen-bond acceptors (Lipinski definition) is 3. The highest BCUT2D eigenvalue weighted by Gasteiger charge is 2.49. The van der Waals surface area contributed by atoms with E-state index in [0.29, 0.717) is 0 Å². The van der Waals surface area contributed by atoms with E-state index >= 15 is 0 Å². The third kappa shape index (κ3) is 3.47. The monoisotopic (exact) mass is 318 g/mol. The Labute approximate surface area is 141 Å². The predicted octanol–water partition coefficient (Wildman–Crippen LogP) is 3.55. The second-order valence-electron chi connectivity index (χ2n) is 9.26. The van der Waals surface area contributed by atoms with Crippen LogP contribution in [0.3, 0.4) is 0 Å². The molecule has 2 aliphatic rings. The minimum absolute atomic E-state index is 0.0793. The molecule has 0 aliphatic heterocycles. The van der Waals surface area contributed by atoms with Crippen molar-refractivity contribution < 1.29 is 0 Å². The molecule has 0 spiro atoms. The highest BCUT2D eigenvalue weighted by molar-refractivity contribution is 5.16. The Balaban J connectivity index is 1.68. The van der Waals surface area contributed by atoms with Crippen LogP contribution in [-0.2, 0) is 18.4 Å². The summed E-state index contributed by atoms with van der Waals surface area (Å²) < 4.78 is 2.22. The average Bonchev–Trinajstić information content (AvgIpc) is 2.93. The fourth-order valence-corrected chi connectivity index (χ4v) is 4.13. The van der Waals surface area contributed by atoms with E-state index in [9.17, 15) is 0 Å². The molecule has 1 aromatic heterocycles. The van der Waals surface area contributed by atoms with Gasteiger partial charge in [0.2, 0.25) is 0 Å². The van der Waals surface area contributed by atoms with Crippen molar-refractivity contribution in [2.45, 2.75) is 84.7 Å². The Morgan fingerprint density at radius 1 is 1.09 bits per heavy atom. The Bertz CT molecular complexity index is 552. The van der Waals surface area contributed by atoms with Gasteiger partial charge in [-0.2, -0.15) is 0 Å². The number of hydrogen-bond donors (Lipinski definition) is 1. The van der Waals surface area contributed by atoms with Gasteiger partial charge in [0.1, 0.15) is 0 Å². The molecular formula is C19H34N4. The number of nitrogens with zero attached hydrogens (tertiary/aromatic N) is 3. The van der Waals surface area contributed by atoms with Crippen molar-refractivity contribution in [3.05, 3.63) is 11.4 Å². The van der Waals surface area contributed by atoms with Gasteiger partial charge in [-0.15, -0.1) is 5.10 Å². The molecule has 1 fully saturated rings. The van der Waals surface area contributed by atoms with Crippen molar-refractivity contribution in [3.8, 4) is 0 Å². The van der Waals surface area contributed by atoms with Crippen LogP contribution in [-0.4, -0.2) is 27.1 Å². The van der Waals surface area contributed by atoms with Crippen LogP contribution >= 0.6 is 0 Å². The van der Waals surface area contributed by atoms with Gasteiger partial charge in [-0.25, -0.2) is 4.68 Å². The fraction of sp³-hybridized carbons (Fsp3) is 0.895. The van der Waals surface area contributed by atoms with Crippen molar-refractivity contribution in [2.24, 2.45) is 17.8 Å². The number of nitrogens with one attached hydrogen (secondary N) is 1. The Morgan fingerprint density at radius 3 is 2.35 bits per heavy atom. The standard InChI is InChI=1S/C19H34N4/c1-7-19(5,6)23-17-11-9-14-13(8-10-16(17)21-22-23)15(14)12-20-18(2,3)4/h13-15,20H,7-12H2,1-6H3/t13-,14+,15-/m0/s1. The number of aromatic nitrogens is 3. The van der Waals surface area contributed by atoms with Crippen LogP contribution in [0, 0.1) is 17.8 Å². The van der Waals surface area contributed by atoms with Crippen molar-refractivity contribution in [1.82, 2.24) is 20.3 Å². The van der Waals surface area contributed by atoms with Crippen molar-refractivity contribution >= 4 is 0 Å². The molecule has 4 heteroatoms. The molecule has 130 valence electrons. The molecule has 1 heterocycles. The minimum Gasteiger partial charge on any atom is -0.312 e. The maximum absolute atomic E-state index is 4.53. The van der Waals surface area contributed by atoms with Gasteiger partial charge in [0.05, 0.1) is 16.9 Å². The molecular weight excluding hydrogens is 284 g/mol. The van der Waals surface area contributed by atoms with Crippen molar-refractivity contribution in [2.75, 3.05) is 6.54 Å². The van der Waals surface area contributed by atoms with E-state index in [1.54, 1.807) is 0 Å². The Hall–Kier alpha value is -0.900. The van der Waals surface area contributed by atoms with E-state index < -0.39 is 0 Å². The molecule has 0 unspecified atom stereocenters. The fourth-order valence-electron chi connectivity index (χ4n) is 4.13. The molecule has 0 saturated heterocycles. The third-order valence-corrected chi connectivity index (χ3v) is 6.09. The lowest BCUT2D eigenvalue weighted by atomic mass is 9.98. The van der Waals surface area contributed by atoms with Gasteiger partial charge in [-0.3, -0.25) is 0 Å². The largest absolute Gasteiger partial charge is 0.312 e. The molecule has 1 saturated carbocycles. The molecule has 2 aliphatic carbocycles.